The molecule has 0 unspecified atom stereocenters. The molecule has 0 spiro atoms. The summed E-state index contributed by atoms with van der Waals surface area (Å²) in [5.41, 5.74) is 9.34. The minimum atomic E-state index is 0.207. The molecule has 0 aliphatic heterocycles. The third-order valence-electron chi connectivity index (χ3n) is 4.08. The zero-order valence-electron chi connectivity index (χ0n) is 14.3. The summed E-state index contributed by atoms with van der Waals surface area (Å²) in [4.78, 5) is 4.23. The van der Waals surface area contributed by atoms with Gasteiger partial charge in [0.25, 0.3) is 0 Å². The average molecular weight is 346 g/mol. The van der Waals surface area contributed by atoms with E-state index in [1.165, 1.54) is 0 Å². The Labute approximate surface area is 150 Å². The predicted octanol–water partition coefficient (Wildman–Crippen LogP) is 3.57. The van der Waals surface area contributed by atoms with Gasteiger partial charge >= 0.3 is 0 Å². The van der Waals surface area contributed by atoms with Gasteiger partial charge in [-0.15, -0.1) is 5.10 Å². The van der Waals surface area contributed by atoms with Gasteiger partial charge in [0.2, 0.25) is 5.95 Å². The van der Waals surface area contributed by atoms with Gasteiger partial charge in [-0.2, -0.15) is 4.98 Å². The molecule has 2 heterocycles. The van der Waals surface area contributed by atoms with E-state index in [9.17, 15) is 0 Å². The smallest absolute Gasteiger partial charge is 0.240 e. The molecule has 6 heteroatoms. The van der Waals surface area contributed by atoms with Crippen LogP contribution in [-0.2, 0) is 6.61 Å². The molecule has 6 nitrogen and oxygen atoms in total. The zero-order chi connectivity index (χ0) is 17.9. The Kier molecular flexibility index (Phi) is 4.15. The Bertz CT molecular complexity index is 1030. The first-order chi connectivity index (χ1) is 12.7. The van der Waals surface area contributed by atoms with Crippen molar-refractivity contribution >= 4 is 11.6 Å². The van der Waals surface area contributed by atoms with Gasteiger partial charge in [0.15, 0.2) is 11.4 Å². The van der Waals surface area contributed by atoms with Crippen molar-refractivity contribution in [1.29, 1.82) is 0 Å². The van der Waals surface area contributed by atoms with E-state index < -0.39 is 0 Å². The minimum absolute atomic E-state index is 0.207. The molecular formula is C20H18N4O2. The number of ether oxygens (including phenoxy) is 2. The van der Waals surface area contributed by atoms with Crippen molar-refractivity contribution in [1.82, 2.24) is 14.6 Å². The van der Waals surface area contributed by atoms with Gasteiger partial charge < -0.3 is 15.2 Å². The molecule has 0 fully saturated rings. The van der Waals surface area contributed by atoms with Gasteiger partial charge in [-0.3, -0.25) is 0 Å². The van der Waals surface area contributed by atoms with E-state index in [-0.39, 0.29) is 5.95 Å². The maximum absolute atomic E-state index is 5.84. The SMILES string of the molecule is COc1ccc(-c2ccc(OCc3ccccc3)cc2)n2nc(N)nc12. The number of nitrogens with two attached hydrogens (primary N) is 1. The first-order valence-electron chi connectivity index (χ1n) is 8.21. The van der Waals surface area contributed by atoms with Crippen molar-refractivity contribution in [2.45, 2.75) is 6.61 Å². The van der Waals surface area contributed by atoms with Crippen LogP contribution in [0.5, 0.6) is 11.5 Å². The standard InChI is InChI=1S/C20H18N4O2/c1-25-18-12-11-17(24-19(18)22-20(21)23-24)15-7-9-16(10-8-15)26-13-14-5-3-2-4-6-14/h2-12H,13H2,1H3,(H2,21,23). The van der Waals surface area contributed by atoms with Gasteiger partial charge in [0.1, 0.15) is 12.4 Å². The van der Waals surface area contributed by atoms with Crippen LogP contribution in [0.2, 0.25) is 0 Å². The number of hydrogen-bond acceptors (Lipinski definition) is 5. The fourth-order valence-corrected chi connectivity index (χ4v) is 2.80. The van der Waals surface area contributed by atoms with Crippen LogP contribution in [0.25, 0.3) is 16.9 Å². The molecule has 2 aromatic carbocycles. The van der Waals surface area contributed by atoms with Crippen LogP contribution >= 0.6 is 0 Å². The van der Waals surface area contributed by atoms with Gasteiger partial charge in [-0.25, -0.2) is 4.52 Å². The van der Waals surface area contributed by atoms with E-state index in [0.717, 1.165) is 22.6 Å². The largest absolute Gasteiger partial charge is 0.493 e. The summed E-state index contributed by atoms with van der Waals surface area (Å²) < 4.78 is 12.9. The highest BCUT2D eigenvalue weighted by atomic mass is 16.5. The van der Waals surface area contributed by atoms with E-state index in [1.54, 1.807) is 11.6 Å². The molecule has 130 valence electrons. The summed E-state index contributed by atoms with van der Waals surface area (Å²) in [5.74, 6) is 1.64. The fraction of sp³-hybridized carbons (Fsp3) is 0.100. The highest BCUT2D eigenvalue weighted by molar-refractivity contribution is 5.68. The Balaban J connectivity index is 1.60. The number of nitrogen functional groups attached to an aromatic ring is 1. The Hall–Kier alpha value is -3.54. The lowest BCUT2D eigenvalue weighted by Crippen LogP contribution is -1.98. The summed E-state index contributed by atoms with van der Waals surface area (Å²) in [6, 6.07) is 21.7. The van der Waals surface area contributed by atoms with Crippen molar-refractivity contribution in [3.8, 4) is 22.8 Å². The monoisotopic (exact) mass is 346 g/mol. The first kappa shape index (κ1) is 16.0. The second-order valence-electron chi connectivity index (χ2n) is 5.79. The molecule has 0 amide bonds. The van der Waals surface area contributed by atoms with E-state index in [0.29, 0.717) is 18.0 Å². The van der Waals surface area contributed by atoms with E-state index in [4.69, 9.17) is 15.2 Å². The maximum atomic E-state index is 5.84. The van der Waals surface area contributed by atoms with Crippen molar-refractivity contribution in [2.75, 3.05) is 12.8 Å². The molecule has 0 bridgehead atoms. The van der Waals surface area contributed by atoms with Crippen LogP contribution in [0, 0.1) is 0 Å². The molecule has 4 rings (SSSR count). The van der Waals surface area contributed by atoms with Crippen molar-refractivity contribution in [2.24, 2.45) is 0 Å². The van der Waals surface area contributed by atoms with Gasteiger partial charge in [0.05, 0.1) is 12.8 Å². The number of benzene rings is 2. The lowest BCUT2D eigenvalue weighted by Gasteiger charge is -2.09. The number of fused-ring (bicyclic) bond motifs is 1. The first-order valence-corrected chi connectivity index (χ1v) is 8.21. The third kappa shape index (κ3) is 3.04. The highest BCUT2D eigenvalue weighted by Gasteiger charge is 2.12. The van der Waals surface area contributed by atoms with Crippen molar-refractivity contribution in [3.63, 3.8) is 0 Å². The maximum Gasteiger partial charge on any atom is 0.240 e. The number of rotatable bonds is 5. The molecule has 0 atom stereocenters. The summed E-state index contributed by atoms with van der Waals surface area (Å²) in [6.07, 6.45) is 0. The molecule has 0 radical (unpaired) electrons. The summed E-state index contributed by atoms with van der Waals surface area (Å²) in [6.45, 7) is 0.534. The molecule has 2 aromatic heterocycles. The van der Waals surface area contributed by atoms with Crippen molar-refractivity contribution in [3.05, 3.63) is 72.3 Å². The molecule has 0 saturated carbocycles. The number of methoxy groups -OCH3 is 1. The molecule has 0 aliphatic rings. The minimum Gasteiger partial charge on any atom is -0.493 e. The van der Waals surface area contributed by atoms with Gasteiger partial charge in [0, 0.05) is 5.56 Å². The molecular weight excluding hydrogens is 328 g/mol. The number of hydrogen-bond donors (Lipinski definition) is 1. The van der Waals surface area contributed by atoms with E-state index >= 15 is 0 Å². The van der Waals surface area contributed by atoms with Crippen molar-refractivity contribution < 1.29 is 9.47 Å². The normalized spacial score (nSPS) is 10.8. The predicted molar refractivity (Wildman–Crippen MR) is 100 cm³/mol. The lowest BCUT2D eigenvalue weighted by molar-refractivity contribution is 0.306. The highest BCUT2D eigenvalue weighted by Crippen LogP contribution is 2.28. The van der Waals surface area contributed by atoms with E-state index in [1.807, 2.05) is 66.7 Å². The van der Waals surface area contributed by atoms with Crippen LogP contribution < -0.4 is 15.2 Å². The fourth-order valence-electron chi connectivity index (χ4n) is 2.80. The molecule has 0 saturated heterocycles. The zero-order valence-corrected chi connectivity index (χ0v) is 14.3. The topological polar surface area (TPSA) is 74.7 Å². The second kappa shape index (κ2) is 6.76. The third-order valence-corrected chi connectivity index (χ3v) is 4.08. The molecule has 2 N–H and O–H groups in total. The van der Waals surface area contributed by atoms with Crippen LogP contribution in [0.4, 0.5) is 5.95 Å². The van der Waals surface area contributed by atoms with Gasteiger partial charge in [-0.1, -0.05) is 30.3 Å². The number of aromatic nitrogens is 3. The van der Waals surface area contributed by atoms with Crippen LogP contribution in [0.15, 0.2) is 66.7 Å². The summed E-state index contributed by atoms with van der Waals surface area (Å²) in [5, 5.41) is 4.27. The Morgan fingerprint density at radius 3 is 2.46 bits per heavy atom. The number of anilines is 1. The van der Waals surface area contributed by atoms with Crippen LogP contribution in [0.1, 0.15) is 5.56 Å². The second-order valence-corrected chi connectivity index (χ2v) is 5.79. The lowest BCUT2D eigenvalue weighted by atomic mass is 10.1. The number of nitrogens with zero attached hydrogens (tertiary/aromatic N) is 3. The molecule has 0 aliphatic carbocycles. The van der Waals surface area contributed by atoms with Crippen LogP contribution in [-0.4, -0.2) is 21.7 Å². The Morgan fingerprint density at radius 2 is 1.73 bits per heavy atom. The van der Waals surface area contributed by atoms with Crippen LogP contribution in [0.3, 0.4) is 0 Å². The Morgan fingerprint density at radius 1 is 0.962 bits per heavy atom. The average Bonchev–Trinajstić information content (AvgIpc) is 3.08. The number of pyridine rings is 1. The molecule has 4 aromatic rings. The summed E-state index contributed by atoms with van der Waals surface area (Å²) in [7, 11) is 1.60. The van der Waals surface area contributed by atoms with E-state index in [2.05, 4.69) is 10.1 Å². The summed E-state index contributed by atoms with van der Waals surface area (Å²) >= 11 is 0. The van der Waals surface area contributed by atoms with Gasteiger partial charge in [-0.05, 0) is 42.0 Å². The quantitative estimate of drug-likeness (QED) is 0.598. The molecule has 26 heavy (non-hydrogen) atoms.